The number of methoxy groups -OCH3 is 1. The Morgan fingerprint density at radius 2 is 2.14 bits per heavy atom. The summed E-state index contributed by atoms with van der Waals surface area (Å²) in [6, 6.07) is 9.55. The standard InChI is InChI=1S/C16H20ClN3O2/c1-20(7-8-21)13-4-6-16(19-11-13)18-10-12-3-5-15(22-2)14(17)9-12/h3-6,9,11,21H,7-8,10H2,1-2H3,(H,18,19). The molecule has 0 saturated carbocycles. The van der Waals surface area contributed by atoms with E-state index in [1.54, 1.807) is 13.3 Å². The lowest BCUT2D eigenvalue weighted by Gasteiger charge is -2.17. The van der Waals surface area contributed by atoms with Gasteiger partial charge in [0.2, 0.25) is 0 Å². The van der Waals surface area contributed by atoms with Crippen LogP contribution in [0.4, 0.5) is 11.5 Å². The molecule has 118 valence electrons. The molecule has 1 aromatic heterocycles. The molecule has 0 amide bonds. The first-order valence-corrected chi connectivity index (χ1v) is 7.36. The fourth-order valence-electron chi connectivity index (χ4n) is 2.01. The molecule has 1 aromatic carbocycles. The average molecular weight is 322 g/mol. The molecule has 0 aliphatic rings. The predicted molar refractivity (Wildman–Crippen MR) is 89.9 cm³/mol. The largest absolute Gasteiger partial charge is 0.495 e. The molecule has 1 heterocycles. The summed E-state index contributed by atoms with van der Waals surface area (Å²) in [7, 11) is 3.51. The van der Waals surface area contributed by atoms with Crippen LogP contribution in [0.3, 0.4) is 0 Å². The predicted octanol–water partition coefficient (Wildman–Crippen LogP) is 2.78. The molecule has 22 heavy (non-hydrogen) atoms. The summed E-state index contributed by atoms with van der Waals surface area (Å²) < 4.78 is 5.13. The highest BCUT2D eigenvalue weighted by molar-refractivity contribution is 6.32. The van der Waals surface area contributed by atoms with Gasteiger partial charge in [-0.2, -0.15) is 0 Å². The lowest BCUT2D eigenvalue weighted by atomic mass is 10.2. The van der Waals surface area contributed by atoms with Crippen LogP contribution < -0.4 is 15.0 Å². The van der Waals surface area contributed by atoms with Gasteiger partial charge >= 0.3 is 0 Å². The van der Waals surface area contributed by atoms with Crippen molar-refractivity contribution < 1.29 is 9.84 Å². The van der Waals surface area contributed by atoms with Crippen LogP contribution in [-0.4, -0.2) is 37.4 Å². The number of nitrogens with zero attached hydrogens (tertiary/aromatic N) is 2. The average Bonchev–Trinajstić information content (AvgIpc) is 2.54. The molecular formula is C16H20ClN3O2. The Labute approximate surface area is 135 Å². The van der Waals surface area contributed by atoms with Gasteiger partial charge in [0.25, 0.3) is 0 Å². The van der Waals surface area contributed by atoms with Gasteiger partial charge in [0.05, 0.1) is 30.6 Å². The number of halogens is 1. The summed E-state index contributed by atoms with van der Waals surface area (Å²) in [4.78, 5) is 6.31. The van der Waals surface area contributed by atoms with Crippen LogP contribution >= 0.6 is 11.6 Å². The molecule has 2 rings (SSSR count). The highest BCUT2D eigenvalue weighted by atomic mass is 35.5. The zero-order valence-electron chi connectivity index (χ0n) is 12.7. The molecule has 0 atom stereocenters. The van der Waals surface area contributed by atoms with E-state index < -0.39 is 0 Å². The molecule has 0 radical (unpaired) electrons. The van der Waals surface area contributed by atoms with Gasteiger partial charge in [0.1, 0.15) is 11.6 Å². The number of ether oxygens (including phenoxy) is 1. The number of hydrogen-bond acceptors (Lipinski definition) is 5. The second-order valence-corrected chi connectivity index (χ2v) is 5.28. The lowest BCUT2D eigenvalue weighted by molar-refractivity contribution is 0.304. The van der Waals surface area contributed by atoms with Crippen molar-refractivity contribution in [1.82, 2.24) is 4.98 Å². The Kier molecular flexibility index (Phi) is 5.86. The molecule has 0 aliphatic carbocycles. The van der Waals surface area contributed by atoms with Crippen molar-refractivity contribution in [3.05, 3.63) is 47.1 Å². The molecule has 5 nitrogen and oxygen atoms in total. The van der Waals surface area contributed by atoms with E-state index in [9.17, 15) is 0 Å². The van der Waals surface area contributed by atoms with Crippen molar-refractivity contribution in [2.75, 3.05) is 37.5 Å². The fourth-order valence-corrected chi connectivity index (χ4v) is 2.29. The Hall–Kier alpha value is -1.98. The van der Waals surface area contributed by atoms with Crippen LogP contribution in [0.15, 0.2) is 36.5 Å². The molecule has 0 aliphatic heterocycles. The molecule has 0 fully saturated rings. The number of hydrogen-bond donors (Lipinski definition) is 2. The minimum atomic E-state index is 0.120. The van der Waals surface area contributed by atoms with Crippen LogP contribution in [0.2, 0.25) is 5.02 Å². The van der Waals surface area contributed by atoms with Crippen LogP contribution in [0.5, 0.6) is 5.75 Å². The molecule has 2 aromatic rings. The fraction of sp³-hybridized carbons (Fsp3) is 0.312. The number of anilines is 2. The number of pyridine rings is 1. The van der Waals surface area contributed by atoms with Gasteiger partial charge in [0, 0.05) is 20.1 Å². The molecule has 0 saturated heterocycles. The number of likely N-dealkylation sites (N-methyl/N-ethyl adjacent to an activating group) is 1. The lowest BCUT2D eigenvalue weighted by Crippen LogP contribution is -2.21. The third-order valence-electron chi connectivity index (χ3n) is 3.31. The second kappa shape index (κ2) is 7.87. The van der Waals surface area contributed by atoms with Crippen molar-refractivity contribution in [1.29, 1.82) is 0 Å². The summed E-state index contributed by atoms with van der Waals surface area (Å²) in [6.45, 7) is 1.33. The van der Waals surface area contributed by atoms with Gasteiger partial charge in [-0.3, -0.25) is 0 Å². The Bertz CT molecular complexity index is 605. The van der Waals surface area contributed by atoms with E-state index in [0.29, 0.717) is 23.9 Å². The van der Waals surface area contributed by atoms with E-state index in [2.05, 4.69) is 10.3 Å². The van der Waals surface area contributed by atoms with Crippen LogP contribution in [0, 0.1) is 0 Å². The topological polar surface area (TPSA) is 57.6 Å². The number of nitrogens with one attached hydrogen (secondary N) is 1. The summed E-state index contributed by atoms with van der Waals surface area (Å²) >= 11 is 6.10. The highest BCUT2D eigenvalue weighted by Gasteiger charge is 2.03. The number of rotatable bonds is 7. The van der Waals surface area contributed by atoms with Gasteiger partial charge in [-0.05, 0) is 29.8 Å². The Balaban J connectivity index is 1.95. The maximum Gasteiger partial charge on any atom is 0.137 e. The summed E-state index contributed by atoms with van der Waals surface area (Å²) in [6.07, 6.45) is 1.78. The quantitative estimate of drug-likeness (QED) is 0.821. The third kappa shape index (κ3) is 4.26. The normalized spacial score (nSPS) is 10.4. The first kappa shape index (κ1) is 16.4. The molecular weight excluding hydrogens is 302 g/mol. The number of aromatic nitrogens is 1. The van der Waals surface area contributed by atoms with Crippen LogP contribution in [0.25, 0.3) is 0 Å². The van der Waals surface area contributed by atoms with Crippen molar-refractivity contribution in [3.63, 3.8) is 0 Å². The smallest absolute Gasteiger partial charge is 0.137 e. The van der Waals surface area contributed by atoms with Gasteiger partial charge < -0.3 is 20.1 Å². The van der Waals surface area contributed by atoms with E-state index in [1.165, 1.54) is 0 Å². The molecule has 0 spiro atoms. The van der Waals surface area contributed by atoms with Crippen LogP contribution in [-0.2, 0) is 6.54 Å². The number of benzene rings is 1. The van der Waals surface area contributed by atoms with Crippen molar-refractivity contribution in [2.24, 2.45) is 0 Å². The van der Waals surface area contributed by atoms with E-state index in [-0.39, 0.29) is 6.61 Å². The maximum absolute atomic E-state index is 8.93. The Morgan fingerprint density at radius 1 is 1.32 bits per heavy atom. The van der Waals surface area contributed by atoms with Gasteiger partial charge in [-0.15, -0.1) is 0 Å². The second-order valence-electron chi connectivity index (χ2n) is 4.87. The van der Waals surface area contributed by atoms with E-state index in [0.717, 1.165) is 17.1 Å². The molecule has 2 N–H and O–H groups in total. The van der Waals surface area contributed by atoms with Gasteiger partial charge in [-0.1, -0.05) is 17.7 Å². The highest BCUT2D eigenvalue weighted by Crippen LogP contribution is 2.25. The molecule has 6 heteroatoms. The first-order valence-electron chi connectivity index (χ1n) is 6.98. The zero-order valence-corrected chi connectivity index (χ0v) is 13.5. The van der Waals surface area contributed by atoms with Crippen molar-refractivity contribution in [2.45, 2.75) is 6.54 Å². The van der Waals surface area contributed by atoms with Crippen LogP contribution in [0.1, 0.15) is 5.56 Å². The Morgan fingerprint density at radius 3 is 2.73 bits per heavy atom. The summed E-state index contributed by atoms with van der Waals surface area (Å²) in [5.74, 6) is 1.45. The number of aliphatic hydroxyl groups is 1. The maximum atomic E-state index is 8.93. The van der Waals surface area contributed by atoms with Gasteiger partial charge in [-0.25, -0.2) is 4.98 Å². The van der Waals surface area contributed by atoms with Crippen molar-refractivity contribution >= 4 is 23.1 Å². The van der Waals surface area contributed by atoms with E-state index in [4.69, 9.17) is 21.4 Å². The minimum absolute atomic E-state index is 0.120. The SMILES string of the molecule is COc1ccc(CNc2ccc(N(C)CCO)cn2)cc1Cl. The first-order chi connectivity index (χ1) is 10.6. The third-order valence-corrected chi connectivity index (χ3v) is 3.61. The zero-order chi connectivity index (χ0) is 15.9. The summed E-state index contributed by atoms with van der Waals surface area (Å²) in [5, 5.41) is 12.8. The number of aliphatic hydroxyl groups excluding tert-OH is 1. The molecule has 0 unspecified atom stereocenters. The van der Waals surface area contributed by atoms with E-state index >= 15 is 0 Å². The van der Waals surface area contributed by atoms with Crippen molar-refractivity contribution in [3.8, 4) is 5.75 Å². The van der Waals surface area contributed by atoms with E-state index in [1.807, 2.05) is 42.3 Å². The monoisotopic (exact) mass is 321 g/mol. The minimum Gasteiger partial charge on any atom is -0.495 e. The molecule has 0 bridgehead atoms. The van der Waals surface area contributed by atoms with Gasteiger partial charge in [0.15, 0.2) is 0 Å². The summed E-state index contributed by atoms with van der Waals surface area (Å²) in [5.41, 5.74) is 2.01.